The Labute approximate surface area is 123 Å². The summed E-state index contributed by atoms with van der Waals surface area (Å²) in [5, 5.41) is 14.0. The third-order valence-corrected chi connectivity index (χ3v) is 4.10. The number of hydrogen-bond acceptors (Lipinski definition) is 4. The van der Waals surface area contributed by atoms with Crippen molar-refractivity contribution in [3.05, 3.63) is 42.1 Å². The zero-order valence-electron chi connectivity index (χ0n) is 11.9. The number of fused-ring (bicyclic) bond motifs is 1. The van der Waals surface area contributed by atoms with Crippen LogP contribution in [-0.4, -0.2) is 40.9 Å². The van der Waals surface area contributed by atoms with Crippen molar-refractivity contribution in [3.63, 3.8) is 0 Å². The van der Waals surface area contributed by atoms with E-state index in [4.69, 9.17) is 4.74 Å². The first-order valence-electron chi connectivity index (χ1n) is 7.06. The molecule has 1 aromatic carbocycles. The maximum absolute atomic E-state index is 12.4. The molecule has 1 saturated heterocycles. The van der Waals surface area contributed by atoms with Crippen LogP contribution in [-0.2, 0) is 4.74 Å². The molecule has 5 heteroatoms. The van der Waals surface area contributed by atoms with E-state index in [-0.39, 0.29) is 18.6 Å². The fourth-order valence-corrected chi connectivity index (χ4v) is 2.63. The van der Waals surface area contributed by atoms with E-state index < -0.39 is 5.60 Å². The highest BCUT2D eigenvalue weighted by atomic mass is 16.5. The molecule has 1 amide bonds. The van der Waals surface area contributed by atoms with E-state index in [9.17, 15) is 9.90 Å². The number of rotatable bonds is 3. The Balaban J connectivity index is 1.79. The van der Waals surface area contributed by atoms with Crippen LogP contribution < -0.4 is 5.32 Å². The second-order valence-corrected chi connectivity index (χ2v) is 5.42. The van der Waals surface area contributed by atoms with Gasteiger partial charge in [-0.25, -0.2) is 0 Å². The SMILES string of the molecule is CC1OCCC1(O)CNC(=O)c1cccc2ncccc12. The normalized spacial score (nSPS) is 25.1. The summed E-state index contributed by atoms with van der Waals surface area (Å²) in [7, 11) is 0. The number of carbonyl (C=O) groups is 1. The molecular formula is C16H18N2O3. The van der Waals surface area contributed by atoms with Crippen molar-refractivity contribution in [2.75, 3.05) is 13.2 Å². The minimum Gasteiger partial charge on any atom is -0.385 e. The first-order chi connectivity index (χ1) is 10.1. The number of nitrogens with one attached hydrogen (secondary N) is 1. The quantitative estimate of drug-likeness (QED) is 0.897. The van der Waals surface area contributed by atoms with Crippen molar-refractivity contribution in [2.45, 2.75) is 25.0 Å². The maximum atomic E-state index is 12.4. The molecule has 110 valence electrons. The van der Waals surface area contributed by atoms with Crippen molar-refractivity contribution < 1.29 is 14.6 Å². The van der Waals surface area contributed by atoms with Gasteiger partial charge in [0.1, 0.15) is 5.60 Å². The predicted octanol–water partition coefficient (Wildman–Crippen LogP) is 1.50. The first kappa shape index (κ1) is 14.0. The number of pyridine rings is 1. The van der Waals surface area contributed by atoms with Gasteiger partial charge in [-0.3, -0.25) is 9.78 Å². The summed E-state index contributed by atoms with van der Waals surface area (Å²) < 4.78 is 5.37. The molecule has 5 nitrogen and oxygen atoms in total. The number of hydrogen-bond donors (Lipinski definition) is 2. The Morgan fingerprint density at radius 2 is 2.33 bits per heavy atom. The number of ether oxygens (including phenoxy) is 1. The molecule has 2 atom stereocenters. The number of aromatic nitrogens is 1. The van der Waals surface area contributed by atoms with Gasteiger partial charge in [-0.1, -0.05) is 12.1 Å². The van der Waals surface area contributed by atoms with E-state index in [0.29, 0.717) is 18.6 Å². The fraction of sp³-hybridized carbons (Fsp3) is 0.375. The molecule has 2 N–H and O–H groups in total. The lowest BCUT2D eigenvalue weighted by molar-refractivity contribution is -0.0251. The van der Waals surface area contributed by atoms with E-state index in [1.807, 2.05) is 19.1 Å². The van der Waals surface area contributed by atoms with Gasteiger partial charge in [-0.05, 0) is 25.1 Å². The Hall–Kier alpha value is -1.98. The molecule has 0 radical (unpaired) electrons. The number of amides is 1. The standard InChI is InChI=1S/C16H18N2O3/c1-11-16(20,7-9-21-11)10-18-15(19)13-4-2-6-14-12(13)5-3-8-17-14/h2-6,8,11,20H,7,9-10H2,1H3,(H,18,19). The summed E-state index contributed by atoms with van der Waals surface area (Å²) >= 11 is 0. The summed E-state index contributed by atoms with van der Waals surface area (Å²) in [6.45, 7) is 2.52. The van der Waals surface area contributed by atoms with Crippen LogP contribution in [0.15, 0.2) is 36.5 Å². The van der Waals surface area contributed by atoms with E-state index >= 15 is 0 Å². The van der Waals surface area contributed by atoms with Gasteiger partial charge >= 0.3 is 0 Å². The highest BCUT2D eigenvalue weighted by Crippen LogP contribution is 2.25. The average Bonchev–Trinajstić information content (AvgIpc) is 2.84. The minimum absolute atomic E-state index is 0.184. The second kappa shape index (κ2) is 5.42. The van der Waals surface area contributed by atoms with Gasteiger partial charge in [0.05, 0.1) is 11.6 Å². The zero-order valence-corrected chi connectivity index (χ0v) is 11.9. The van der Waals surface area contributed by atoms with Crippen molar-refractivity contribution in [1.82, 2.24) is 10.3 Å². The molecule has 2 unspecified atom stereocenters. The molecule has 1 aromatic heterocycles. The van der Waals surface area contributed by atoms with Crippen molar-refractivity contribution in [1.29, 1.82) is 0 Å². The van der Waals surface area contributed by atoms with Crippen LogP contribution in [0.1, 0.15) is 23.7 Å². The van der Waals surface area contributed by atoms with E-state index in [1.54, 1.807) is 24.4 Å². The maximum Gasteiger partial charge on any atom is 0.252 e. The van der Waals surface area contributed by atoms with Crippen LogP contribution in [0.3, 0.4) is 0 Å². The molecule has 0 aliphatic carbocycles. The van der Waals surface area contributed by atoms with Crippen molar-refractivity contribution in [2.24, 2.45) is 0 Å². The number of aliphatic hydroxyl groups is 1. The summed E-state index contributed by atoms with van der Waals surface area (Å²) in [5.74, 6) is -0.207. The van der Waals surface area contributed by atoms with Gasteiger partial charge in [0.15, 0.2) is 0 Å². The first-order valence-corrected chi connectivity index (χ1v) is 7.06. The van der Waals surface area contributed by atoms with Crippen LogP contribution in [0, 0.1) is 0 Å². The highest BCUT2D eigenvalue weighted by Gasteiger charge is 2.39. The predicted molar refractivity (Wildman–Crippen MR) is 79.1 cm³/mol. The highest BCUT2D eigenvalue weighted by molar-refractivity contribution is 6.06. The van der Waals surface area contributed by atoms with E-state index in [2.05, 4.69) is 10.3 Å². The van der Waals surface area contributed by atoms with Crippen molar-refractivity contribution >= 4 is 16.8 Å². The topological polar surface area (TPSA) is 71.5 Å². The average molecular weight is 286 g/mol. The van der Waals surface area contributed by atoms with Gasteiger partial charge in [0, 0.05) is 36.7 Å². The van der Waals surface area contributed by atoms with E-state index in [1.165, 1.54) is 0 Å². The number of benzene rings is 1. The molecule has 21 heavy (non-hydrogen) atoms. The largest absolute Gasteiger partial charge is 0.385 e. The van der Waals surface area contributed by atoms with Gasteiger partial charge in [0.2, 0.25) is 0 Å². The summed E-state index contributed by atoms with van der Waals surface area (Å²) in [6, 6.07) is 9.11. The van der Waals surface area contributed by atoms with E-state index in [0.717, 1.165) is 10.9 Å². The summed E-state index contributed by atoms with van der Waals surface area (Å²) in [6.07, 6.45) is 1.96. The molecule has 0 saturated carbocycles. The monoisotopic (exact) mass is 286 g/mol. The van der Waals surface area contributed by atoms with Crippen LogP contribution >= 0.6 is 0 Å². The lowest BCUT2D eigenvalue weighted by atomic mass is 9.96. The molecule has 1 aliphatic heterocycles. The summed E-state index contributed by atoms with van der Waals surface area (Å²) in [5.41, 5.74) is 0.357. The molecule has 0 spiro atoms. The smallest absolute Gasteiger partial charge is 0.252 e. The van der Waals surface area contributed by atoms with Gasteiger partial charge in [-0.2, -0.15) is 0 Å². The molecule has 3 rings (SSSR count). The molecule has 1 aliphatic rings. The molecule has 1 fully saturated rings. The Morgan fingerprint density at radius 3 is 3.10 bits per heavy atom. The third-order valence-electron chi connectivity index (χ3n) is 4.10. The van der Waals surface area contributed by atoms with Gasteiger partial charge < -0.3 is 15.2 Å². The molecule has 2 heterocycles. The van der Waals surface area contributed by atoms with Gasteiger partial charge in [-0.15, -0.1) is 0 Å². The zero-order chi connectivity index (χ0) is 14.9. The molecule has 2 aromatic rings. The molecular weight excluding hydrogens is 268 g/mol. The number of carbonyl (C=O) groups excluding carboxylic acids is 1. The van der Waals surface area contributed by atoms with Crippen LogP contribution in [0.5, 0.6) is 0 Å². The van der Waals surface area contributed by atoms with Crippen molar-refractivity contribution in [3.8, 4) is 0 Å². The van der Waals surface area contributed by atoms with Crippen LogP contribution in [0.4, 0.5) is 0 Å². The van der Waals surface area contributed by atoms with Gasteiger partial charge in [0.25, 0.3) is 5.91 Å². The summed E-state index contributed by atoms with van der Waals surface area (Å²) in [4.78, 5) is 16.6. The van der Waals surface area contributed by atoms with Crippen LogP contribution in [0.25, 0.3) is 10.9 Å². The lowest BCUT2D eigenvalue weighted by Gasteiger charge is -2.26. The Kier molecular flexibility index (Phi) is 3.61. The Bertz CT molecular complexity index is 668. The van der Waals surface area contributed by atoms with Crippen LogP contribution in [0.2, 0.25) is 0 Å². The minimum atomic E-state index is -0.988. The second-order valence-electron chi connectivity index (χ2n) is 5.42. The molecule has 0 bridgehead atoms. The number of nitrogens with zero attached hydrogens (tertiary/aromatic N) is 1. The third kappa shape index (κ3) is 2.62. The fourth-order valence-electron chi connectivity index (χ4n) is 2.63. The Morgan fingerprint density at radius 1 is 1.48 bits per heavy atom. The lowest BCUT2D eigenvalue weighted by Crippen LogP contribution is -2.47.